The molecule has 10 heteroatoms. The standard InChI is InChI=1S/C21H23ClN6O2.HI/c1-23-20(29)16-7-3-5-14(11-16)9-10-25-21(24-2)26-13-18-27-19(28-30-18)15-6-4-8-17(22)12-15;/h3-8,11-12H,9-10,13H2,1-2H3,(H,23,29)(H2,24,25,26);1H. The Hall–Kier alpha value is -2.66. The van der Waals surface area contributed by atoms with Crippen molar-refractivity contribution in [3.63, 3.8) is 0 Å². The Morgan fingerprint density at radius 2 is 1.97 bits per heavy atom. The molecule has 0 saturated heterocycles. The van der Waals surface area contributed by atoms with Gasteiger partial charge in [-0.2, -0.15) is 4.98 Å². The average Bonchev–Trinajstić information content (AvgIpc) is 3.25. The van der Waals surface area contributed by atoms with E-state index in [1.165, 1.54) is 0 Å². The molecule has 2 aromatic carbocycles. The lowest BCUT2D eigenvalue weighted by Crippen LogP contribution is -2.37. The summed E-state index contributed by atoms with van der Waals surface area (Å²) < 4.78 is 5.29. The molecule has 0 bridgehead atoms. The Labute approximate surface area is 202 Å². The minimum absolute atomic E-state index is 0. The van der Waals surface area contributed by atoms with Gasteiger partial charge in [0.1, 0.15) is 0 Å². The summed E-state index contributed by atoms with van der Waals surface area (Å²) in [5, 5.41) is 13.6. The number of benzene rings is 2. The van der Waals surface area contributed by atoms with E-state index in [0.29, 0.717) is 41.4 Å². The Kier molecular flexibility index (Phi) is 9.73. The van der Waals surface area contributed by atoms with Crippen molar-refractivity contribution in [3.8, 4) is 11.4 Å². The van der Waals surface area contributed by atoms with Crippen LogP contribution in [0.2, 0.25) is 5.02 Å². The first kappa shape index (κ1) is 24.6. The number of nitrogens with zero attached hydrogens (tertiary/aromatic N) is 3. The van der Waals surface area contributed by atoms with Crippen LogP contribution in [-0.2, 0) is 13.0 Å². The van der Waals surface area contributed by atoms with Crippen molar-refractivity contribution < 1.29 is 9.32 Å². The summed E-state index contributed by atoms with van der Waals surface area (Å²) in [5.74, 6) is 1.43. The van der Waals surface area contributed by atoms with Gasteiger partial charge in [0.2, 0.25) is 11.7 Å². The second-order valence-electron chi connectivity index (χ2n) is 6.40. The minimum atomic E-state index is -0.0982. The molecule has 1 aromatic heterocycles. The molecule has 0 aliphatic heterocycles. The van der Waals surface area contributed by atoms with E-state index in [0.717, 1.165) is 17.5 Å². The largest absolute Gasteiger partial charge is 0.356 e. The number of aromatic nitrogens is 2. The Morgan fingerprint density at radius 1 is 1.16 bits per heavy atom. The summed E-state index contributed by atoms with van der Waals surface area (Å²) >= 11 is 6.00. The van der Waals surface area contributed by atoms with Gasteiger partial charge in [0.15, 0.2) is 5.96 Å². The molecule has 1 heterocycles. The molecule has 31 heavy (non-hydrogen) atoms. The van der Waals surface area contributed by atoms with Crippen molar-refractivity contribution in [2.45, 2.75) is 13.0 Å². The van der Waals surface area contributed by atoms with Gasteiger partial charge < -0.3 is 20.5 Å². The van der Waals surface area contributed by atoms with Gasteiger partial charge in [-0.3, -0.25) is 9.79 Å². The highest BCUT2D eigenvalue weighted by molar-refractivity contribution is 14.0. The van der Waals surface area contributed by atoms with E-state index < -0.39 is 0 Å². The van der Waals surface area contributed by atoms with Crippen LogP contribution in [0.1, 0.15) is 21.8 Å². The van der Waals surface area contributed by atoms with E-state index >= 15 is 0 Å². The molecule has 8 nitrogen and oxygen atoms in total. The summed E-state index contributed by atoms with van der Waals surface area (Å²) in [7, 11) is 3.31. The van der Waals surface area contributed by atoms with Gasteiger partial charge in [0, 0.05) is 36.8 Å². The fourth-order valence-electron chi connectivity index (χ4n) is 2.79. The van der Waals surface area contributed by atoms with E-state index in [1.807, 2.05) is 30.3 Å². The zero-order valence-electron chi connectivity index (χ0n) is 17.2. The Bertz CT molecular complexity index is 1040. The molecule has 0 atom stereocenters. The third-order valence-corrected chi connectivity index (χ3v) is 4.54. The maximum Gasteiger partial charge on any atom is 0.251 e. The monoisotopic (exact) mass is 554 g/mol. The highest BCUT2D eigenvalue weighted by atomic mass is 127. The lowest BCUT2D eigenvalue weighted by atomic mass is 10.1. The van der Waals surface area contributed by atoms with Gasteiger partial charge >= 0.3 is 0 Å². The number of nitrogens with one attached hydrogen (secondary N) is 3. The van der Waals surface area contributed by atoms with Gasteiger partial charge in [-0.15, -0.1) is 24.0 Å². The molecule has 0 aliphatic rings. The molecule has 0 spiro atoms. The average molecular weight is 555 g/mol. The number of carbonyl (C=O) groups excluding carboxylic acids is 1. The number of halogens is 2. The minimum Gasteiger partial charge on any atom is -0.356 e. The normalized spacial score (nSPS) is 10.9. The highest BCUT2D eigenvalue weighted by Crippen LogP contribution is 2.19. The van der Waals surface area contributed by atoms with Crippen LogP contribution in [0.3, 0.4) is 0 Å². The molecule has 3 N–H and O–H groups in total. The number of guanidine groups is 1. The molecule has 1 amide bonds. The second-order valence-corrected chi connectivity index (χ2v) is 6.84. The van der Waals surface area contributed by atoms with Crippen LogP contribution in [0.5, 0.6) is 0 Å². The summed E-state index contributed by atoms with van der Waals surface area (Å²) in [6.45, 7) is 0.980. The van der Waals surface area contributed by atoms with Crippen molar-refractivity contribution in [1.29, 1.82) is 0 Å². The lowest BCUT2D eigenvalue weighted by molar-refractivity contribution is 0.0963. The smallest absolute Gasteiger partial charge is 0.251 e. The summed E-state index contributed by atoms with van der Waals surface area (Å²) in [5.41, 5.74) is 2.49. The SMILES string of the molecule is CN=C(NCCc1cccc(C(=O)NC)c1)NCc1nc(-c2cccc(Cl)c2)no1.I. The molecule has 0 radical (unpaired) electrons. The van der Waals surface area contributed by atoms with Crippen LogP contribution >= 0.6 is 35.6 Å². The number of hydrogen-bond acceptors (Lipinski definition) is 5. The first-order valence-corrected chi connectivity index (χ1v) is 9.81. The maximum absolute atomic E-state index is 11.7. The first-order chi connectivity index (χ1) is 14.6. The molecule has 3 aromatic rings. The number of rotatable bonds is 7. The Morgan fingerprint density at radius 3 is 2.71 bits per heavy atom. The second kappa shape index (κ2) is 12.3. The summed E-state index contributed by atoms with van der Waals surface area (Å²) in [6.07, 6.45) is 0.741. The third kappa shape index (κ3) is 7.21. The number of carbonyl (C=O) groups is 1. The van der Waals surface area contributed by atoms with Gasteiger partial charge in [0.25, 0.3) is 5.91 Å². The molecule has 0 unspecified atom stereocenters. The zero-order valence-corrected chi connectivity index (χ0v) is 20.3. The lowest BCUT2D eigenvalue weighted by Gasteiger charge is -2.10. The zero-order chi connectivity index (χ0) is 21.3. The quantitative estimate of drug-likeness (QED) is 0.235. The van der Waals surface area contributed by atoms with Gasteiger partial charge in [-0.25, -0.2) is 0 Å². The fraction of sp³-hybridized carbons (Fsp3) is 0.238. The molecular weight excluding hydrogens is 531 g/mol. The van der Waals surface area contributed by atoms with Crippen molar-refractivity contribution in [3.05, 3.63) is 70.6 Å². The highest BCUT2D eigenvalue weighted by Gasteiger charge is 2.10. The summed E-state index contributed by atoms with van der Waals surface area (Å²) in [6, 6.07) is 14.8. The van der Waals surface area contributed by atoms with Crippen LogP contribution in [0, 0.1) is 0 Å². The van der Waals surface area contributed by atoms with Crippen molar-refractivity contribution in [1.82, 2.24) is 26.1 Å². The van der Waals surface area contributed by atoms with Crippen molar-refractivity contribution in [2.75, 3.05) is 20.6 Å². The first-order valence-electron chi connectivity index (χ1n) is 9.43. The maximum atomic E-state index is 11.7. The molecule has 164 valence electrons. The third-order valence-electron chi connectivity index (χ3n) is 4.30. The number of amides is 1. The van der Waals surface area contributed by atoms with Gasteiger partial charge in [-0.05, 0) is 36.2 Å². The van der Waals surface area contributed by atoms with E-state index in [9.17, 15) is 4.79 Å². The molecule has 0 fully saturated rings. The Balaban J connectivity index is 0.00000341. The van der Waals surface area contributed by atoms with Crippen LogP contribution in [0.25, 0.3) is 11.4 Å². The van der Waals surface area contributed by atoms with Gasteiger partial charge in [0.05, 0.1) is 6.54 Å². The van der Waals surface area contributed by atoms with E-state index in [2.05, 4.69) is 31.1 Å². The van der Waals surface area contributed by atoms with Crippen LogP contribution in [0.4, 0.5) is 0 Å². The topological polar surface area (TPSA) is 104 Å². The van der Waals surface area contributed by atoms with Crippen LogP contribution in [-0.4, -0.2) is 42.6 Å². The predicted molar refractivity (Wildman–Crippen MR) is 132 cm³/mol. The molecule has 0 saturated carbocycles. The van der Waals surface area contributed by atoms with Crippen molar-refractivity contribution >= 4 is 47.4 Å². The van der Waals surface area contributed by atoms with Gasteiger partial charge in [-0.1, -0.05) is 41.0 Å². The molecule has 3 rings (SSSR count). The van der Waals surface area contributed by atoms with Crippen LogP contribution < -0.4 is 16.0 Å². The van der Waals surface area contributed by atoms with Crippen LogP contribution in [0.15, 0.2) is 58.0 Å². The molecular formula is C21H24ClIN6O2. The number of aliphatic imine (C=N–C) groups is 1. The number of hydrogen-bond donors (Lipinski definition) is 3. The van der Waals surface area contributed by atoms with Crippen molar-refractivity contribution in [2.24, 2.45) is 4.99 Å². The predicted octanol–water partition coefficient (Wildman–Crippen LogP) is 3.28. The van der Waals surface area contributed by atoms with E-state index in [4.69, 9.17) is 16.1 Å². The fourth-order valence-corrected chi connectivity index (χ4v) is 2.98. The van der Waals surface area contributed by atoms with E-state index in [1.54, 1.807) is 32.3 Å². The summed E-state index contributed by atoms with van der Waals surface area (Å²) in [4.78, 5) is 20.3. The molecule has 0 aliphatic carbocycles. The van der Waals surface area contributed by atoms with E-state index in [-0.39, 0.29) is 29.9 Å².